The number of sulfone groups is 1. The zero-order valence-corrected chi connectivity index (χ0v) is 16.2. The molecule has 6 nitrogen and oxygen atoms in total. The molecule has 0 bridgehead atoms. The predicted molar refractivity (Wildman–Crippen MR) is 109 cm³/mol. The topological polar surface area (TPSA) is 74.8 Å². The number of carbonyl (C=O) groups is 2. The van der Waals surface area contributed by atoms with Gasteiger partial charge >= 0.3 is 0 Å². The Kier molecular flexibility index (Phi) is 4.90. The van der Waals surface area contributed by atoms with E-state index in [0.29, 0.717) is 16.8 Å². The van der Waals surface area contributed by atoms with E-state index < -0.39 is 21.7 Å². The fourth-order valence-corrected chi connectivity index (χ4v) is 4.64. The standard InChI is InChI=1S/C22H18N2O4S/c25-21-19-13-7-8-14-20(19)22(26)24(21)15-23(17-9-3-1-4-10-17)16-29(27,28)18-11-5-2-6-12-18/h1-14H,15-16H2. The van der Waals surface area contributed by atoms with Crippen molar-refractivity contribution in [2.45, 2.75) is 4.90 Å². The number of carbonyl (C=O) groups excluding carboxylic acids is 2. The summed E-state index contributed by atoms with van der Waals surface area (Å²) in [5.41, 5.74) is 1.26. The number of benzene rings is 3. The lowest BCUT2D eigenvalue weighted by molar-refractivity contribution is 0.0655. The average molecular weight is 406 g/mol. The van der Waals surface area contributed by atoms with Gasteiger partial charge in [-0.05, 0) is 36.4 Å². The second kappa shape index (κ2) is 7.52. The van der Waals surface area contributed by atoms with E-state index in [9.17, 15) is 18.0 Å². The Labute approximate surface area is 168 Å². The summed E-state index contributed by atoms with van der Waals surface area (Å²) in [6.07, 6.45) is 0. The predicted octanol–water partition coefficient (Wildman–Crippen LogP) is 3.18. The minimum Gasteiger partial charge on any atom is -0.338 e. The van der Waals surface area contributed by atoms with Gasteiger partial charge in [0.2, 0.25) is 0 Å². The van der Waals surface area contributed by atoms with Gasteiger partial charge in [-0.25, -0.2) is 8.42 Å². The van der Waals surface area contributed by atoms with Gasteiger partial charge in [0.25, 0.3) is 11.8 Å². The average Bonchev–Trinajstić information content (AvgIpc) is 2.99. The largest absolute Gasteiger partial charge is 0.338 e. The number of amides is 2. The third-order valence-corrected chi connectivity index (χ3v) is 6.38. The third-order valence-electron chi connectivity index (χ3n) is 4.74. The normalized spacial score (nSPS) is 13.4. The second-order valence-electron chi connectivity index (χ2n) is 6.66. The zero-order valence-electron chi connectivity index (χ0n) is 15.4. The van der Waals surface area contributed by atoms with Gasteiger partial charge in [-0.15, -0.1) is 0 Å². The first-order valence-corrected chi connectivity index (χ1v) is 10.7. The molecule has 0 atom stereocenters. The number of imide groups is 1. The van der Waals surface area contributed by atoms with Crippen molar-refractivity contribution in [2.24, 2.45) is 0 Å². The third kappa shape index (κ3) is 3.64. The lowest BCUT2D eigenvalue weighted by atomic mass is 10.1. The molecule has 0 aromatic heterocycles. The van der Waals surface area contributed by atoms with Crippen molar-refractivity contribution in [3.05, 3.63) is 96.1 Å². The van der Waals surface area contributed by atoms with Crippen LogP contribution in [0.2, 0.25) is 0 Å². The molecule has 4 rings (SSSR count). The van der Waals surface area contributed by atoms with Crippen LogP contribution in [-0.4, -0.2) is 37.7 Å². The summed E-state index contributed by atoms with van der Waals surface area (Å²) in [5.74, 6) is -1.22. The Balaban J connectivity index is 1.66. The van der Waals surface area contributed by atoms with E-state index in [0.717, 1.165) is 4.90 Å². The molecule has 0 saturated carbocycles. The summed E-state index contributed by atoms with van der Waals surface area (Å²) in [7, 11) is -3.68. The van der Waals surface area contributed by atoms with Crippen molar-refractivity contribution in [2.75, 3.05) is 17.4 Å². The van der Waals surface area contributed by atoms with Crippen molar-refractivity contribution in [1.29, 1.82) is 0 Å². The zero-order chi connectivity index (χ0) is 20.4. The first kappa shape index (κ1) is 18.9. The minimum atomic E-state index is -3.68. The van der Waals surface area contributed by atoms with Crippen LogP contribution in [0.3, 0.4) is 0 Å². The highest BCUT2D eigenvalue weighted by Crippen LogP contribution is 2.25. The molecule has 3 aromatic rings. The maximum Gasteiger partial charge on any atom is 0.263 e. The molecule has 146 valence electrons. The number of rotatable bonds is 6. The monoisotopic (exact) mass is 406 g/mol. The minimum absolute atomic E-state index is 0.164. The van der Waals surface area contributed by atoms with Crippen LogP contribution in [0.15, 0.2) is 89.8 Å². The Hall–Kier alpha value is -3.45. The van der Waals surface area contributed by atoms with E-state index in [-0.39, 0.29) is 17.4 Å². The van der Waals surface area contributed by atoms with Crippen LogP contribution >= 0.6 is 0 Å². The van der Waals surface area contributed by atoms with Gasteiger partial charge in [0.15, 0.2) is 9.84 Å². The Morgan fingerprint density at radius 3 is 1.72 bits per heavy atom. The Morgan fingerprint density at radius 1 is 0.690 bits per heavy atom. The number of para-hydroxylation sites is 1. The molecule has 2 amide bonds. The van der Waals surface area contributed by atoms with Gasteiger partial charge in [-0.3, -0.25) is 14.5 Å². The highest BCUT2D eigenvalue weighted by molar-refractivity contribution is 7.91. The lowest BCUT2D eigenvalue weighted by Crippen LogP contribution is -2.43. The van der Waals surface area contributed by atoms with Crippen molar-refractivity contribution in [1.82, 2.24) is 4.90 Å². The highest BCUT2D eigenvalue weighted by atomic mass is 32.2. The number of fused-ring (bicyclic) bond motifs is 1. The van der Waals surface area contributed by atoms with E-state index in [2.05, 4.69) is 0 Å². The summed E-state index contributed by atoms with van der Waals surface area (Å²) in [6.45, 7) is -0.164. The van der Waals surface area contributed by atoms with Crippen molar-refractivity contribution in [3.63, 3.8) is 0 Å². The van der Waals surface area contributed by atoms with E-state index in [1.54, 1.807) is 66.7 Å². The number of anilines is 1. The molecule has 0 radical (unpaired) electrons. The van der Waals surface area contributed by atoms with E-state index in [1.807, 2.05) is 6.07 Å². The van der Waals surface area contributed by atoms with E-state index >= 15 is 0 Å². The molecule has 0 saturated heterocycles. The van der Waals surface area contributed by atoms with Crippen molar-refractivity contribution < 1.29 is 18.0 Å². The van der Waals surface area contributed by atoms with Crippen LogP contribution in [0, 0.1) is 0 Å². The summed E-state index contributed by atoms with van der Waals surface area (Å²) in [4.78, 5) is 28.3. The van der Waals surface area contributed by atoms with Gasteiger partial charge in [-0.1, -0.05) is 48.5 Å². The molecule has 3 aromatic carbocycles. The number of hydrogen-bond donors (Lipinski definition) is 0. The first-order valence-electron chi connectivity index (χ1n) is 9.00. The smallest absolute Gasteiger partial charge is 0.263 e. The van der Waals surface area contributed by atoms with Crippen LogP contribution in [0.4, 0.5) is 5.69 Å². The Bertz CT molecular complexity index is 1130. The summed E-state index contributed by atoms with van der Waals surface area (Å²) >= 11 is 0. The molecule has 0 spiro atoms. The highest BCUT2D eigenvalue weighted by Gasteiger charge is 2.36. The second-order valence-corrected chi connectivity index (χ2v) is 8.62. The summed E-state index contributed by atoms with van der Waals surface area (Å²) in [5, 5.41) is 0. The number of hydrogen-bond acceptors (Lipinski definition) is 5. The molecule has 1 aliphatic heterocycles. The van der Waals surface area contributed by atoms with Crippen LogP contribution in [0.5, 0.6) is 0 Å². The van der Waals surface area contributed by atoms with E-state index in [4.69, 9.17) is 0 Å². The quantitative estimate of drug-likeness (QED) is 0.588. The van der Waals surface area contributed by atoms with Crippen LogP contribution < -0.4 is 4.90 Å². The van der Waals surface area contributed by atoms with Gasteiger partial charge < -0.3 is 4.90 Å². The molecule has 29 heavy (non-hydrogen) atoms. The van der Waals surface area contributed by atoms with Crippen LogP contribution in [-0.2, 0) is 9.84 Å². The first-order chi connectivity index (χ1) is 14.0. The summed E-state index contributed by atoms with van der Waals surface area (Å²) < 4.78 is 25.9. The summed E-state index contributed by atoms with van der Waals surface area (Å²) in [6, 6.07) is 23.6. The molecule has 0 N–H and O–H groups in total. The van der Waals surface area contributed by atoms with Crippen LogP contribution in [0.25, 0.3) is 0 Å². The van der Waals surface area contributed by atoms with Crippen molar-refractivity contribution >= 4 is 27.3 Å². The van der Waals surface area contributed by atoms with Gasteiger partial charge in [0, 0.05) is 5.69 Å². The fourth-order valence-electron chi connectivity index (χ4n) is 3.28. The molecular formula is C22H18N2O4S. The molecule has 0 fully saturated rings. The number of nitrogens with zero attached hydrogens (tertiary/aromatic N) is 2. The lowest BCUT2D eigenvalue weighted by Gasteiger charge is -2.28. The maximum absolute atomic E-state index is 12.9. The molecule has 0 unspecified atom stereocenters. The molecular weight excluding hydrogens is 388 g/mol. The molecule has 1 heterocycles. The molecule has 0 aliphatic carbocycles. The van der Waals surface area contributed by atoms with Gasteiger partial charge in [-0.2, -0.15) is 0 Å². The Morgan fingerprint density at radius 2 is 1.17 bits per heavy atom. The molecule has 7 heteroatoms. The van der Waals surface area contributed by atoms with Crippen molar-refractivity contribution in [3.8, 4) is 0 Å². The maximum atomic E-state index is 12.9. The SMILES string of the molecule is O=C1c2ccccc2C(=O)N1CN(CS(=O)(=O)c1ccccc1)c1ccccc1. The van der Waals surface area contributed by atoms with E-state index in [1.165, 1.54) is 17.0 Å². The van der Waals surface area contributed by atoms with Gasteiger partial charge in [0.1, 0.15) is 12.5 Å². The fraction of sp³-hybridized carbons (Fsp3) is 0.0909. The van der Waals surface area contributed by atoms with Gasteiger partial charge in [0.05, 0.1) is 16.0 Å². The van der Waals surface area contributed by atoms with Crippen LogP contribution in [0.1, 0.15) is 20.7 Å². The molecule has 1 aliphatic rings.